The highest BCUT2D eigenvalue weighted by molar-refractivity contribution is 7.99. The second-order valence-electron chi connectivity index (χ2n) is 3.21. The molecule has 1 aromatic rings. The van der Waals surface area contributed by atoms with E-state index in [0.717, 1.165) is 11.5 Å². The van der Waals surface area contributed by atoms with Gasteiger partial charge in [0.05, 0.1) is 5.69 Å². The van der Waals surface area contributed by atoms with Gasteiger partial charge >= 0.3 is 5.97 Å². The average Bonchev–Trinajstić information content (AvgIpc) is 2.53. The van der Waals surface area contributed by atoms with Gasteiger partial charge in [-0.25, -0.2) is 9.78 Å². The second-order valence-corrected chi connectivity index (χ2v) is 4.19. The van der Waals surface area contributed by atoms with Gasteiger partial charge in [0.2, 0.25) is 0 Å². The van der Waals surface area contributed by atoms with Crippen molar-refractivity contribution in [2.75, 3.05) is 12.4 Å². The third kappa shape index (κ3) is 3.53. The summed E-state index contributed by atoms with van der Waals surface area (Å²) in [4.78, 5) is 14.9. The summed E-state index contributed by atoms with van der Waals surface area (Å²) in [5.74, 6) is 0.0860. The molecule has 1 heterocycles. The van der Waals surface area contributed by atoms with Gasteiger partial charge < -0.3 is 14.3 Å². The molecule has 0 bridgehead atoms. The molecule has 90 valence electrons. The van der Waals surface area contributed by atoms with Crippen molar-refractivity contribution in [1.29, 1.82) is 0 Å². The smallest absolute Gasteiger partial charge is 0.333 e. The van der Waals surface area contributed by atoms with E-state index in [2.05, 4.69) is 4.98 Å². The molecule has 0 saturated heterocycles. The van der Waals surface area contributed by atoms with Crippen molar-refractivity contribution in [3.63, 3.8) is 0 Å². The summed E-state index contributed by atoms with van der Waals surface area (Å²) in [5.41, 5.74) is 0.825. The summed E-state index contributed by atoms with van der Waals surface area (Å²) in [6.07, 6.45) is -0.817. The summed E-state index contributed by atoms with van der Waals surface area (Å²) in [6.45, 7) is 5.81. The fraction of sp³-hybridized carbons (Fsp3) is 0.600. The van der Waals surface area contributed by atoms with Crippen LogP contribution in [0.3, 0.4) is 0 Å². The molecular weight excluding hydrogens is 230 g/mol. The largest absolute Gasteiger partial charge is 0.479 e. The highest BCUT2D eigenvalue weighted by Gasteiger charge is 2.19. The Morgan fingerprint density at radius 3 is 2.75 bits per heavy atom. The van der Waals surface area contributed by atoms with Crippen LogP contribution >= 0.6 is 11.8 Å². The first-order chi connectivity index (χ1) is 7.54. The lowest BCUT2D eigenvalue weighted by molar-refractivity contribution is -0.148. The standard InChI is InChI=1S/C10H15NO4S/c1-4-14-8(9(12)13)5-16-10-11-6(2)7(3)15-10/h8H,4-5H2,1-3H3,(H,12,13). The summed E-state index contributed by atoms with van der Waals surface area (Å²) in [6, 6.07) is 0. The molecule has 0 aliphatic heterocycles. The van der Waals surface area contributed by atoms with Crippen LogP contribution in [-0.4, -0.2) is 34.5 Å². The molecule has 6 heteroatoms. The average molecular weight is 245 g/mol. The number of aliphatic carboxylic acids is 1. The number of thioether (sulfide) groups is 1. The van der Waals surface area contributed by atoms with Crippen LogP contribution in [0.5, 0.6) is 0 Å². The Bertz CT molecular complexity index is 344. The Kier molecular flexibility index (Phi) is 4.82. The van der Waals surface area contributed by atoms with Gasteiger partial charge in [-0.1, -0.05) is 11.8 Å². The summed E-state index contributed by atoms with van der Waals surface area (Å²) in [7, 11) is 0. The van der Waals surface area contributed by atoms with Gasteiger partial charge in [-0.05, 0) is 20.8 Å². The van der Waals surface area contributed by atoms with E-state index in [9.17, 15) is 4.79 Å². The molecule has 0 amide bonds. The SMILES string of the molecule is CCOC(CSc1nc(C)c(C)o1)C(=O)O. The Labute approximate surface area is 98.2 Å². The molecule has 0 fully saturated rings. The van der Waals surface area contributed by atoms with Crippen LogP contribution in [0, 0.1) is 13.8 Å². The molecule has 0 spiro atoms. The lowest BCUT2D eigenvalue weighted by Crippen LogP contribution is -2.26. The maximum atomic E-state index is 10.8. The number of hydrogen-bond acceptors (Lipinski definition) is 5. The number of hydrogen-bond donors (Lipinski definition) is 1. The van der Waals surface area contributed by atoms with Crippen molar-refractivity contribution in [3.05, 3.63) is 11.5 Å². The van der Waals surface area contributed by atoms with Crippen LogP contribution in [0.1, 0.15) is 18.4 Å². The third-order valence-corrected chi connectivity index (χ3v) is 2.90. The summed E-state index contributed by atoms with van der Waals surface area (Å²) in [5, 5.41) is 9.34. The number of carboxylic acids is 1. The van der Waals surface area contributed by atoms with Crippen molar-refractivity contribution in [2.45, 2.75) is 32.1 Å². The Morgan fingerprint density at radius 1 is 1.62 bits per heavy atom. The van der Waals surface area contributed by atoms with Crippen LogP contribution in [-0.2, 0) is 9.53 Å². The number of rotatable bonds is 6. The lowest BCUT2D eigenvalue weighted by atomic mass is 10.4. The van der Waals surface area contributed by atoms with Gasteiger partial charge in [0.15, 0.2) is 6.10 Å². The zero-order chi connectivity index (χ0) is 12.1. The van der Waals surface area contributed by atoms with Crippen molar-refractivity contribution in [3.8, 4) is 0 Å². The molecule has 0 aliphatic carbocycles. The molecule has 1 unspecified atom stereocenters. The van der Waals surface area contributed by atoms with E-state index in [0.29, 0.717) is 17.6 Å². The maximum absolute atomic E-state index is 10.8. The number of nitrogens with zero attached hydrogens (tertiary/aromatic N) is 1. The van der Waals surface area contributed by atoms with Crippen molar-refractivity contribution >= 4 is 17.7 Å². The van der Waals surface area contributed by atoms with Crippen LogP contribution in [0.4, 0.5) is 0 Å². The van der Waals surface area contributed by atoms with Crippen LogP contribution in [0.2, 0.25) is 0 Å². The first-order valence-corrected chi connectivity index (χ1v) is 5.94. The number of carboxylic acid groups (broad SMARTS) is 1. The minimum atomic E-state index is -0.964. The predicted molar refractivity (Wildman–Crippen MR) is 59.8 cm³/mol. The molecule has 0 aliphatic rings. The second kappa shape index (κ2) is 5.91. The number of carbonyl (C=O) groups is 1. The first-order valence-electron chi connectivity index (χ1n) is 4.95. The van der Waals surface area contributed by atoms with E-state index < -0.39 is 12.1 Å². The zero-order valence-electron chi connectivity index (χ0n) is 9.52. The zero-order valence-corrected chi connectivity index (χ0v) is 10.3. The third-order valence-electron chi connectivity index (χ3n) is 2.01. The highest BCUT2D eigenvalue weighted by atomic mass is 32.2. The number of aromatic nitrogens is 1. The summed E-state index contributed by atoms with van der Waals surface area (Å²) >= 11 is 1.25. The van der Waals surface area contributed by atoms with E-state index in [4.69, 9.17) is 14.3 Å². The molecule has 1 N–H and O–H groups in total. The molecular formula is C10H15NO4S. The van der Waals surface area contributed by atoms with Crippen LogP contribution in [0.15, 0.2) is 9.64 Å². The number of ether oxygens (including phenoxy) is 1. The number of oxazole rings is 1. The quantitative estimate of drug-likeness (QED) is 0.771. The lowest BCUT2D eigenvalue weighted by Gasteiger charge is -2.09. The normalized spacial score (nSPS) is 12.7. The molecule has 0 saturated carbocycles. The highest BCUT2D eigenvalue weighted by Crippen LogP contribution is 2.21. The van der Waals surface area contributed by atoms with E-state index in [1.807, 2.05) is 13.8 Å². The van der Waals surface area contributed by atoms with Crippen molar-refractivity contribution in [2.24, 2.45) is 0 Å². The Morgan fingerprint density at radius 2 is 2.31 bits per heavy atom. The van der Waals surface area contributed by atoms with Gasteiger partial charge in [0, 0.05) is 12.4 Å². The molecule has 0 aromatic carbocycles. The van der Waals surface area contributed by atoms with Gasteiger partial charge in [-0.2, -0.15) is 0 Å². The molecule has 1 aromatic heterocycles. The fourth-order valence-electron chi connectivity index (χ4n) is 1.04. The predicted octanol–water partition coefficient (Wildman–Crippen LogP) is 1.87. The van der Waals surface area contributed by atoms with Crippen molar-refractivity contribution < 1.29 is 19.1 Å². The molecule has 1 atom stereocenters. The molecule has 16 heavy (non-hydrogen) atoms. The first kappa shape index (κ1) is 13.1. The summed E-state index contributed by atoms with van der Waals surface area (Å²) < 4.78 is 10.4. The molecule has 0 radical (unpaired) electrons. The van der Waals surface area contributed by atoms with Gasteiger partial charge in [-0.3, -0.25) is 0 Å². The fourth-order valence-corrected chi connectivity index (χ4v) is 1.96. The van der Waals surface area contributed by atoms with Gasteiger partial charge in [0.1, 0.15) is 5.76 Å². The van der Waals surface area contributed by atoms with Crippen LogP contribution < -0.4 is 0 Å². The number of aryl methyl sites for hydroxylation is 2. The van der Waals surface area contributed by atoms with Gasteiger partial charge in [0.25, 0.3) is 5.22 Å². The Hall–Kier alpha value is -1.01. The minimum absolute atomic E-state index is 0.294. The molecule has 5 nitrogen and oxygen atoms in total. The van der Waals surface area contributed by atoms with Crippen LogP contribution in [0.25, 0.3) is 0 Å². The minimum Gasteiger partial charge on any atom is -0.479 e. The van der Waals surface area contributed by atoms with E-state index in [-0.39, 0.29) is 0 Å². The van der Waals surface area contributed by atoms with Gasteiger partial charge in [-0.15, -0.1) is 0 Å². The topological polar surface area (TPSA) is 72.6 Å². The Balaban J connectivity index is 2.51. The molecule has 1 rings (SSSR count). The monoisotopic (exact) mass is 245 g/mol. The van der Waals surface area contributed by atoms with Crippen molar-refractivity contribution in [1.82, 2.24) is 4.98 Å². The van der Waals surface area contributed by atoms with E-state index in [1.165, 1.54) is 11.8 Å². The van der Waals surface area contributed by atoms with E-state index in [1.54, 1.807) is 6.92 Å². The maximum Gasteiger partial charge on any atom is 0.333 e. The van der Waals surface area contributed by atoms with E-state index >= 15 is 0 Å².